The molecule has 1 aromatic carbocycles. The van der Waals surface area contributed by atoms with Gasteiger partial charge >= 0.3 is 5.97 Å². The molecule has 3 heteroatoms. The molecule has 2 nitrogen and oxygen atoms in total. The normalized spacial score (nSPS) is 9.75. The van der Waals surface area contributed by atoms with Crippen LogP contribution < -0.4 is 0 Å². The number of esters is 1. The summed E-state index contributed by atoms with van der Waals surface area (Å²) in [4.78, 5) is 10.5. The minimum Gasteiger partial charge on any atom is -0.457 e. The molecule has 0 saturated heterocycles. The van der Waals surface area contributed by atoms with Crippen molar-refractivity contribution in [2.24, 2.45) is 0 Å². The first-order chi connectivity index (χ1) is 7.35. The number of ether oxygens (including phenoxy) is 1. The highest BCUT2D eigenvalue weighted by Gasteiger charge is 2.12. The van der Waals surface area contributed by atoms with Crippen LogP contribution in [0.2, 0.25) is 0 Å². The summed E-state index contributed by atoms with van der Waals surface area (Å²) in [6.07, 6.45) is 1.16. The van der Waals surface area contributed by atoms with E-state index in [0.29, 0.717) is 0 Å². The maximum atomic E-state index is 10.5. The van der Waals surface area contributed by atoms with E-state index in [0.717, 1.165) is 10.5 Å². The van der Waals surface area contributed by atoms with Crippen molar-refractivity contribution in [2.45, 2.75) is 26.4 Å². The Hall–Kier alpha value is -1.09. The summed E-state index contributed by atoms with van der Waals surface area (Å²) in [6.45, 7) is 8.71. The third-order valence-corrected chi connectivity index (χ3v) is 1.84. The van der Waals surface area contributed by atoms with Gasteiger partial charge in [0.05, 0.1) is 0 Å². The van der Waals surface area contributed by atoms with Gasteiger partial charge in [0.2, 0.25) is 0 Å². The molecule has 0 unspecified atom stereocenters. The quantitative estimate of drug-likeness (QED) is 0.576. The van der Waals surface area contributed by atoms with Gasteiger partial charge in [0.15, 0.2) is 0 Å². The second kappa shape index (κ2) is 7.23. The van der Waals surface area contributed by atoms with Gasteiger partial charge in [-0.2, -0.15) is 0 Å². The lowest BCUT2D eigenvalue weighted by molar-refractivity contribution is -0.148. The summed E-state index contributed by atoms with van der Waals surface area (Å²) in [7, 11) is 0. The predicted octanol–water partition coefficient (Wildman–Crippen LogP) is 3.96. The standard InChI is InChI=1S/C7H12O2.C6H5Br/c1-5-6(8)9-7(2,3)4;7-6-4-2-1-3-5-6/h5H,1H2,2-4H3;1-5H. The lowest BCUT2D eigenvalue weighted by atomic mass is 10.2. The molecule has 0 N–H and O–H groups in total. The summed E-state index contributed by atoms with van der Waals surface area (Å²) in [5, 5.41) is 0. The van der Waals surface area contributed by atoms with E-state index in [-0.39, 0.29) is 5.97 Å². The van der Waals surface area contributed by atoms with Crippen molar-refractivity contribution in [3.05, 3.63) is 47.5 Å². The van der Waals surface area contributed by atoms with Gasteiger partial charge in [-0.15, -0.1) is 0 Å². The van der Waals surface area contributed by atoms with Crippen LogP contribution in [-0.2, 0) is 9.53 Å². The van der Waals surface area contributed by atoms with Gasteiger partial charge in [-0.25, -0.2) is 4.79 Å². The van der Waals surface area contributed by atoms with E-state index in [1.165, 1.54) is 0 Å². The Morgan fingerprint density at radius 1 is 1.31 bits per heavy atom. The van der Waals surface area contributed by atoms with Crippen molar-refractivity contribution < 1.29 is 9.53 Å². The maximum absolute atomic E-state index is 10.5. The van der Waals surface area contributed by atoms with E-state index >= 15 is 0 Å². The summed E-state index contributed by atoms with van der Waals surface area (Å²) in [5.41, 5.74) is -0.398. The zero-order valence-corrected chi connectivity index (χ0v) is 11.5. The van der Waals surface area contributed by atoms with E-state index in [2.05, 4.69) is 22.5 Å². The molecule has 0 saturated carbocycles. The average molecular weight is 285 g/mol. The highest BCUT2D eigenvalue weighted by Crippen LogP contribution is 2.06. The number of carbonyl (C=O) groups excluding carboxylic acids is 1. The lowest BCUT2D eigenvalue weighted by Gasteiger charge is -2.17. The second-order valence-electron chi connectivity index (χ2n) is 4.03. The van der Waals surface area contributed by atoms with Crippen LogP contribution in [0.3, 0.4) is 0 Å². The van der Waals surface area contributed by atoms with Gasteiger partial charge in [0.1, 0.15) is 5.60 Å². The van der Waals surface area contributed by atoms with Gasteiger partial charge in [-0.05, 0) is 32.9 Å². The molecule has 0 aliphatic heterocycles. The Bertz CT molecular complexity index is 326. The average Bonchev–Trinajstić information content (AvgIpc) is 2.17. The Labute approximate surface area is 105 Å². The molecule has 0 amide bonds. The van der Waals surface area contributed by atoms with Gasteiger partial charge in [-0.1, -0.05) is 40.7 Å². The molecule has 88 valence electrons. The molecule has 0 spiro atoms. The summed E-state index contributed by atoms with van der Waals surface area (Å²) in [6, 6.07) is 9.97. The summed E-state index contributed by atoms with van der Waals surface area (Å²) >= 11 is 3.31. The zero-order chi connectivity index (χ0) is 12.6. The Kier molecular flexibility index (Phi) is 6.74. The van der Waals surface area contributed by atoms with Crippen LogP contribution in [0.25, 0.3) is 0 Å². The smallest absolute Gasteiger partial charge is 0.330 e. The van der Waals surface area contributed by atoms with Crippen molar-refractivity contribution >= 4 is 21.9 Å². The Morgan fingerprint density at radius 3 is 2.00 bits per heavy atom. The fourth-order valence-corrected chi connectivity index (χ4v) is 1.06. The summed E-state index contributed by atoms with van der Waals surface area (Å²) < 4.78 is 5.96. The molecular formula is C13H17BrO2. The molecule has 0 atom stereocenters. The first kappa shape index (κ1) is 14.9. The van der Waals surface area contributed by atoms with Crippen molar-refractivity contribution in [3.8, 4) is 0 Å². The molecular weight excluding hydrogens is 268 g/mol. The largest absolute Gasteiger partial charge is 0.457 e. The molecule has 0 radical (unpaired) electrons. The highest BCUT2D eigenvalue weighted by atomic mass is 79.9. The molecule has 0 aromatic heterocycles. The van der Waals surface area contributed by atoms with Crippen LogP contribution in [-0.4, -0.2) is 11.6 Å². The zero-order valence-electron chi connectivity index (χ0n) is 9.87. The third kappa shape index (κ3) is 9.46. The molecule has 0 aliphatic rings. The Morgan fingerprint density at radius 2 is 1.81 bits per heavy atom. The topological polar surface area (TPSA) is 26.3 Å². The second-order valence-corrected chi connectivity index (χ2v) is 4.95. The number of benzene rings is 1. The summed E-state index contributed by atoms with van der Waals surface area (Å²) in [5.74, 6) is -0.373. The van der Waals surface area contributed by atoms with Gasteiger partial charge in [0, 0.05) is 10.5 Å². The van der Waals surface area contributed by atoms with Crippen LogP contribution in [0.1, 0.15) is 20.8 Å². The first-order valence-corrected chi connectivity index (χ1v) is 5.70. The number of carbonyl (C=O) groups is 1. The lowest BCUT2D eigenvalue weighted by Crippen LogP contribution is -2.22. The van der Waals surface area contributed by atoms with Gasteiger partial charge in [0.25, 0.3) is 0 Å². The van der Waals surface area contributed by atoms with Crippen molar-refractivity contribution in [1.29, 1.82) is 0 Å². The van der Waals surface area contributed by atoms with Crippen LogP contribution in [0.5, 0.6) is 0 Å². The van der Waals surface area contributed by atoms with E-state index in [1.54, 1.807) is 0 Å². The van der Waals surface area contributed by atoms with Crippen LogP contribution in [0.15, 0.2) is 47.5 Å². The minimum absolute atomic E-state index is 0.373. The highest BCUT2D eigenvalue weighted by molar-refractivity contribution is 9.10. The fourth-order valence-electron chi connectivity index (χ4n) is 0.758. The monoisotopic (exact) mass is 284 g/mol. The number of hydrogen-bond donors (Lipinski definition) is 0. The number of hydrogen-bond acceptors (Lipinski definition) is 2. The van der Waals surface area contributed by atoms with E-state index in [9.17, 15) is 4.79 Å². The third-order valence-electron chi connectivity index (χ3n) is 1.31. The molecule has 0 aliphatic carbocycles. The molecule has 0 heterocycles. The molecule has 0 bridgehead atoms. The van der Waals surface area contributed by atoms with Crippen molar-refractivity contribution in [3.63, 3.8) is 0 Å². The SMILES string of the molecule is Brc1ccccc1.C=CC(=O)OC(C)(C)C. The maximum Gasteiger partial charge on any atom is 0.330 e. The number of rotatable bonds is 1. The molecule has 0 fully saturated rings. The molecule has 1 rings (SSSR count). The van der Waals surface area contributed by atoms with E-state index < -0.39 is 5.60 Å². The van der Waals surface area contributed by atoms with Crippen LogP contribution in [0, 0.1) is 0 Å². The van der Waals surface area contributed by atoms with Crippen molar-refractivity contribution in [1.82, 2.24) is 0 Å². The van der Waals surface area contributed by atoms with Crippen LogP contribution >= 0.6 is 15.9 Å². The Balaban J connectivity index is 0.000000288. The predicted molar refractivity (Wildman–Crippen MR) is 70.2 cm³/mol. The van der Waals surface area contributed by atoms with Crippen LogP contribution in [0.4, 0.5) is 0 Å². The van der Waals surface area contributed by atoms with E-state index in [4.69, 9.17) is 4.74 Å². The van der Waals surface area contributed by atoms with Crippen molar-refractivity contribution in [2.75, 3.05) is 0 Å². The first-order valence-electron chi connectivity index (χ1n) is 4.91. The van der Waals surface area contributed by atoms with Gasteiger partial charge in [-0.3, -0.25) is 0 Å². The van der Waals surface area contributed by atoms with Gasteiger partial charge < -0.3 is 4.74 Å². The number of halogens is 1. The minimum atomic E-state index is -0.398. The van der Waals surface area contributed by atoms with E-state index in [1.807, 2.05) is 51.1 Å². The molecule has 16 heavy (non-hydrogen) atoms. The fraction of sp³-hybridized carbons (Fsp3) is 0.308. The molecule has 1 aromatic rings.